The van der Waals surface area contributed by atoms with Crippen LogP contribution in [0.4, 0.5) is 21.8 Å². The molecule has 1 atom stereocenters. The number of piperidine rings is 1. The van der Waals surface area contributed by atoms with E-state index in [9.17, 15) is 4.39 Å². The van der Waals surface area contributed by atoms with Crippen molar-refractivity contribution in [2.24, 2.45) is 5.41 Å². The summed E-state index contributed by atoms with van der Waals surface area (Å²) in [6.07, 6.45) is 11.4. The number of nitrogens with one attached hydrogen (secondary N) is 3. The molecule has 0 spiro atoms. The van der Waals surface area contributed by atoms with Gasteiger partial charge in [-0.15, -0.1) is 0 Å². The zero-order valence-electron chi connectivity index (χ0n) is 21.4. The minimum absolute atomic E-state index is 0.0447. The van der Waals surface area contributed by atoms with Crippen LogP contribution in [0, 0.1) is 11.2 Å². The Morgan fingerprint density at radius 2 is 1.92 bits per heavy atom. The molecule has 1 saturated heterocycles. The van der Waals surface area contributed by atoms with Gasteiger partial charge >= 0.3 is 0 Å². The van der Waals surface area contributed by atoms with Gasteiger partial charge in [0.2, 0.25) is 0 Å². The van der Waals surface area contributed by atoms with E-state index in [1.165, 1.54) is 24.2 Å². The van der Waals surface area contributed by atoms with E-state index in [0.717, 1.165) is 54.6 Å². The number of halogens is 2. The zero-order valence-corrected chi connectivity index (χ0v) is 22.2. The molecule has 3 N–H and O–H groups in total. The lowest BCUT2D eigenvalue weighted by Gasteiger charge is -2.40. The van der Waals surface area contributed by atoms with Gasteiger partial charge in [-0.1, -0.05) is 31.9 Å². The van der Waals surface area contributed by atoms with Gasteiger partial charge in [0.15, 0.2) is 17.5 Å². The van der Waals surface area contributed by atoms with E-state index in [-0.39, 0.29) is 22.3 Å². The van der Waals surface area contributed by atoms with Crippen LogP contribution in [0.25, 0.3) is 22.3 Å². The van der Waals surface area contributed by atoms with Gasteiger partial charge in [-0.05, 0) is 60.9 Å². The molecule has 196 valence electrons. The van der Waals surface area contributed by atoms with Gasteiger partial charge in [-0.25, -0.2) is 24.3 Å². The number of anilines is 3. The monoisotopic (exact) mass is 532 g/mol. The van der Waals surface area contributed by atoms with Crippen molar-refractivity contribution in [1.82, 2.24) is 30.2 Å². The first-order chi connectivity index (χ1) is 18.4. The van der Waals surface area contributed by atoms with Gasteiger partial charge in [-0.2, -0.15) is 0 Å². The normalized spacial score (nSPS) is 19.2. The van der Waals surface area contributed by atoms with E-state index >= 15 is 0 Å². The summed E-state index contributed by atoms with van der Waals surface area (Å²) in [5.41, 5.74) is 2.84. The summed E-state index contributed by atoms with van der Waals surface area (Å²) in [6.45, 7) is 6.45. The van der Waals surface area contributed by atoms with Crippen LogP contribution in [0.5, 0.6) is 0 Å². The maximum atomic E-state index is 14.3. The van der Waals surface area contributed by atoms with Gasteiger partial charge in [0.05, 0.1) is 16.7 Å². The molecule has 6 rings (SSSR count). The highest BCUT2D eigenvalue weighted by Crippen LogP contribution is 2.42. The zero-order chi connectivity index (χ0) is 26.3. The molecule has 0 bridgehead atoms. The molecule has 0 amide bonds. The smallest absolute Gasteiger partial charge is 0.167 e. The highest BCUT2D eigenvalue weighted by Gasteiger charge is 2.33. The molecule has 4 aromatic heterocycles. The van der Waals surface area contributed by atoms with Crippen molar-refractivity contribution in [3.63, 3.8) is 0 Å². The predicted molar refractivity (Wildman–Crippen MR) is 148 cm³/mol. The first kappa shape index (κ1) is 24.9. The molecule has 0 unspecified atom stereocenters. The van der Waals surface area contributed by atoms with Crippen LogP contribution in [-0.4, -0.2) is 44.1 Å². The van der Waals surface area contributed by atoms with Crippen LogP contribution in [0.1, 0.15) is 51.0 Å². The number of nitrogens with zero attached hydrogens (tertiary/aromatic N) is 5. The van der Waals surface area contributed by atoms with Gasteiger partial charge in [-0.3, -0.25) is 4.98 Å². The second kappa shape index (κ2) is 10.0. The van der Waals surface area contributed by atoms with Gasteiger partial charge in [0, 0.05) is 42.1 Å². The molecule has 5 heterocycles. The minimum atomic E-state index is -0.558. The molecule has 1 aliphatic carbocycles. The lowest BCUT2D eigenvalue weighted by Crippen LogP contribution is -2.49. The maximum Gasteiger partial charge on any atom is 0.167 e. The predicted octanol–water partition coefficient (Wildman–Crippen LogP) is 6.09. The van der Waals surface area contributed by atoms with E-state index in [1.54, 1.807) is 12.3 Å². The summed E-state index contributed by atoms with van der Waals surface area (Å²) in [6, 6.07) is 5.10. The average Bonchev–Trinajstić information content (AvgIpc) is 2.86. The Hall–Kier alpha value is -3.43. The van der Waals surface area contributed by atoms with Crippen molar-refractivity contribution >= 4 is 40.0 Å². The molecule has 1 saturated carbocycles. The number of fused-ring (bicyclic) bond motifs is 1. The molecule has 0 radical (unpaired) electrons. The first-order valence-corrected chi connectivity index (χ1v) is 13.4. The molecule has 8 nitrogen and oxygen atoms in total. The summed E-state index contributed by atoms with van der Waals surface area (Å²) >= 11 is 5.84. The largest absolute Gasteiger partial charge is 0.366 e. The third kappa shape index (κ3) is 4.88. The third-order valence-corrected chi connectivity index (χ3v) is 7.90. The summed E-state index contributed by atoms with van der Waals surface area (Å²) in [7, 11) is 0. The Labute approximate surface area is 225 Å². The van der Waals surface area contributed by atoms with Crippen molar-refractivity contribution in [3.8, 4) is 11.4 Å². The molecular formula is C28H30ClFN8. The molecule has 38 heavy (non-hydrogen) atoms. The highest BCUT2D eigenvalue weighted by atomic mass is 35.5. The standard InChI is InChI=1S/C28H30ClFN8/c1-28(2)15-31-8-7-22(28)36-27-24-19(16-4-3-5-16)13-32-14-21(24)35-25(38-27)17-6-9-33-23(10-17)37-26-20(30)11-18(29)12-34-26/h6,9-14,16,22,31H,3-5,7-8,15H2,1-2H3,(H,33,34,37)(H,35,36,38)/t22-/m0/s1. The van der Waals surface area contributed by atoms with Crippen molar-refractivity contribution in [2.45, 2.75) is 51.5 Å². The van der Waals surface area contributed by atoms with Crippen LogP contribution in [0.3, 0.4) is 0 Å². The Balaban J connectivity index is 1.42. The van der Waals surface area contributed by atoms with Crippen LogP contribution in [-0.2, 0) is 0 Å². The highest BCUT2D eigenvalue weighted by molar-refractivity contribution is 6.30. The summed E-state index contributed by atoms with van der Waals surface area (Å²) in [5, 5.41) is 11.5. The summed E-state index contributed by atoms with van der Waals surface area (Å²) in [5.74, 6) is 1.79. The van der Waals surface area contributed by atoms with Crippen LogP contribution >= 0.6 is 11.6 Å². The Kier molecular flexibility index (Phi) is 6.57. The fourth-order valence-corrected chi connectivity index (χ4v) is 5.39. The third-order valence-electron chi connectivity index (χ3n) is 7.70. The van der Waals surface area contributed by atoms with Crippen LogP contribution in [0.15, 0.2) is 43.0 Å². The van der Waals surface area contributed by atoms with E-state index in [2.05, 4.69) is 44.7 Å². The summed E-state index contributed by atoms with van der Waals surface area (Å²) in [4.78, 5) is 22.9. The van der Waals surface area contributed by atoms with Crippen LogP contribution < -0.4 is 16.0 Å². The summed E-state index contributed by atoms with van der Waals surface area (Å²) < 4.78 is 14.3. The maximum absolute atomic E-state index is 14.3. The number of rotatable bonds is 6. The lowest BCUT2D eigenvalue weighted by molar-refractivity contribution is 0.236. The minimum Gasteiger partial charge on any atom is -0.366 e. The first-order valence-electron chi connectivity index (χ1n) is 13.0. The van der Waals surface area contributed by atoms with Crippen molar-refractivity contribution in [3.05, 3.63) is 59.4 Å². The molecule has 10 heteroatoms. The number of pyridine rings is 3. The Bertz CT molecular complexity index is 1490. The van der Waals surface area contributed by atoms with Crippen molar-refractivity contribution in [1.29, 1.82) is 0 Å². The molecule has 2 aliphatic rings. The lowest BCUT2D eigenvalue weighted by atomic mass is 9.78. The molecular weight excluding hydrogens is 503 g/mol. The number of hydrogen-bond acceptors (Lipinski definition) is 8. The van der Waals surface area contributed by atoms with E-state index in [1.807, 2.05) is 18.5 Å². The number of hydrogen-bond donors (Lipinski definition) is 3. The number of aromatic nitrogens is 5. The fourth-order valence-electron chi connectivity index (χ4n) is 5.24. The SMILES string of the molecule is CC1(C)CNCC[C@@H]1Nc1nc(-c2ccnc(Nc3ncc(Cl)cc3F)c2)nc2cncc(C3CCC3)c12. The quantitative estimate of drug-likeness (QED) is 0.274. The van der Waals surface area contributed by atoms with Gasteiger partial charge in [0.25, 0.3) is 0 Å². The van der Waals surface area contributed by atoms with Gasteiger partial charge < -0.3 is 16.0 Å². The molecule has 2 fully saturated rings. The van der Waals surface area contributed by atoms with E-state index < -0.39 is 5.82 Å². The molecule has 1 aliphatic heterocycles. The second-order valence-electron chi connectivity index (χ2n) is 10.8. The van der Waals surface area contributed by atoms with Crippen molar-refractivity contribution < 1.29 is 4.39 Å². The van der Waals surface area contributed by atoms with Crippen molar-refractivity contribution in [2.75, 3.05) is 23.7 Å². The molecule has 0 aromatic carbocycles. The Morgan fingerprint density at radius 3 is 2.68 bits per heavy atom. The van der Waals surface area contributed by atoms with E-state index in [0.29, 0.717) is 17.6 Å². The van der Waals surface area contributed by atoms with E-state index in [4.69, 9.17) is 21.6 Å². The average molecular weight is 533 g/mol. The fraction of sp³-hybridized carbons (Fsp3) is 0.393. The second-order valence-corrected chi connectivity index (χ2v) is 11.3. The van der Waals surface area contributed by atoms with Crippen LogP contribution in [0.2, 0.25) is 5.02 Å². The topological polar surface area (TPSA) is 101 Å². The van der Waals surface area contributed by atoms with Gasteiger partial charge in [0.1, 0.15) is 11.6 Å². The molecule has 4 aromatic rings. The Morgan fingerprint density at radius 1 is 1.05 bits per heavy atom.